The van der Waals surface area contributed by atoms with E-state index in [0.717, 1.165) is 17.0 Å². The largest absolute Gasteiger partial charge is 0.573 e. The topological polar surface area (TPSA) is 72.9 Å². The first-order chi connectivity index (χ1) is 12.7. The summed E-state index contributed by atoms with van der Waals surface area (Å²) in [6, 6.07) is 11.0. The summed E-state index contributed by atoms with van der Waals surface area (Å²) in [6.45, 7) is -0.782. The summed E-state index contributed by atoms with van der Waals surface area (Å²) < 4.78 is 45.0. The lowest BCUT2D eigenvalue weighted by Crippen LogP contribution is -2.35. The van der Waals surface area contributed by atoms with Crippen molar-refractivity contribution in [2.45, 2.75) is 13.0 Å². The van der Waals surface area contributed by atoms with Gasteiger partial charge in [-0.15, -0.1) is 13.2 Å². The first-order valence-corrected chi connectivity index (χ1v) is 7.70. The van der Waals surface area contributed by atoms with Crippen molar-refractivity contribution in [2.75, 3.05) is 6.54 Å². The number of alkyl halides is 3. The number of carbonyl (C=O) groups is 3. The van der Waals surface area contributed by atoms with Crippen molar-refractivity contribution < 1.29 is 37.0 Å². The number of fused-ring (bicyclic) bond motifs is 1. The molecule has 2 amide bonds. The van der Waals surface area contributed by atoms with Gasteiger partial charge in [-0.3, -0.25) is 19.3 Å². The van der Waals surface area contributed by atoms with Gasteiger partial charge in [0.05, 0.1) is 11.1 Å². The fourth-order valence-electron chi connectivity index (χ4n) is 2.51. The zero-order chi connectivity index (χ0) is 19.6. The Morgan fingerprint density at radius 3 is 2.00 bits per heavy atom. The van der Waals surface area contributed by atoms with Gasteiger partial charge in [0.2, 0.25) is 0 Å². The zero-order valence-corrected chi connectivity index (χ0v) is 13.7. The minimum Gasteiger partial charge on any atom is -0.459 e. The number of rotatable bonds is 5. The van der Waals surface area contributed by atoms with E-state index in [2.05, 4.69) is 4.74 Å². The maximum atomic E-state index is 12.2. The Bertz CT molecular complexity index is 858. The molecule has 1 heterocycles. The van der Waals surface area contributed by atoms with Gasteiger partial charge in [0.25, 0.3) is 11.8 Å². The molecule has 0 spiro atoms. The molecule has 1 aliphatic rings. The highest BCUT2D eigenvalue weighted by Gasteiger charge is 2.36. The van der Waals surface area contributed by atoms with Crippen LogP contribution in [0.1, 0.15) is 26.3 Å². The Hall–Kier alpha value is -3.36. The average molecular weight is 379 g/mol. The number of hydrogen-bond donors (Lipinski definition) is 0. The highest BCUT2D eigenvalue weighted by Crippen LogP contribution is 2.24. The van der Waals surface area contributed by atoms with Crippen LogP contribution in [0.25, 0.3) is 0 Å². The Morgan fingerprint density at radius 2 is 1.48 bits per heavy atom. The third-order valence-corrected chi connectivity index (χ3v) is 3.72. The van der Waals surface area contributed by atoms with E-state index in [1.165, 1.54) is 24.3 Å². The number of ether oxygens (including phenoxy) is 2. The monoisotopic (exact) mass is 379 g/mol. The van der Waals surface area contributed by atoms with Gasteiger partial charge in [0, 0.05) is 0 Å². The minimum absolute atomic E-state index is 0.218. The smallest absolute Gasteiger partial charge is 0.459 e. The molecule has 2 aromatic carbocycles. The molecule has 6 nitrogen and oxygen atoms in total. The molecule has 27 heavy (non-hydrogen) atoms. The van der Waals surface area contributed by atoms with Crippen LogP contribution in [0.3, 0.4) is 0 Å². The van der Waals surface area contributed by atoms with Crippen molar-refractivity contribution in [1.82, 2.24) is 4.90 Å². The van der Waals surface area contributed by atoms with Gasteiger partial charge in [-0.25, -0.2) is 0 Å². The summed E-state index contributed by atoms with van der Waals surface area (Å²) in [4.78, 5) is 37.0. The lowest BCUT2D eigenvalue weighted by atomic mass is 10.1. The van der Waals surface area contributed by atoms with E-state index >= 15 is 0 Å². The molecule has 0 atom stereocenters. The molecule has 0 bridgehead atoms. The Labute approximate surface area is 151 Å². The SMILES string of the molecule is O=C(CN1C(=O)c2ccccc2C1=O)OCc1ccc(OC(F)(F)F)cc1. The number of hydrogen-bond acceptors (Lipinski definition) is 5. The Morgan fingerprint density at radius 1 is 0.926 bits per heavy atom. The number of amides is 2. The summed E-state index contributed by atoms with van der Waals surface area (Å²) in [7, 11) is 0. The van der Waals surface area contributed by atoms with E-state index in [1.54, 1.807) is 12.1 Å². The second kappa shape index (κ2) is 7.10. The average Bonchev–Trinajstić information content (AvgIpc) is 2.85. The van der Waals surface area contributed by atoms with E-state index in [1.807, 2.05) is 0 Å². The van der Waals surface area contributed by atoms with Crippen molar-refractivity contribution in [2.24, 2.45) is 0 Å². The summed E-state index contributed by atoms with van der Waals surface area (Å²) in [5.41, 5.74) is 0.853. The van der Waals surface area contributed by atoms with Crippen LogP contribution in [0.15, 0.2) is 48.5 Å². The maximum Gasteiger partial charge on any atom is 0.573 e. The molecule has 3 rings (SSSR count). The van der Waals surface area contributed by atoms with Crippen LogP contribution in [-0.2, 0) is 16.1 Å². The van der Waals surface area contributed by atoms with Gasteiger partial charge in [-0.05, 0) is 29.8 Å². The number of nitrogens with zero attached hydrogens (tertiary/aromatic N) is 1. The first-order valence-electron chi connectivity index (χ1n) is 7.70. The van der Waals surface area contributed by atoms with E-state index in [9.17, 15) is 27.6 Å². The van der Waals surface area contributed by atoms with E-state index < -0.39 is 36.4 Å². The molecule has 0 aliphatic carbocycles. The Kier molecular flexibility index (Phi) is 4.85. The van der Waals surface area contributed by atoms with Crippen molar-refractivity contribution in [1.29, 1.82) is 0 Å². The summed E-state index contributed by atoms with van der Waals surface area (Å²) in [5, 5.41) is 0. The van der Waals surface area contributed by atoms with Gasteiger partial charge in [0.1, 0.15) is 18.9 Å². The zero-order valence-electron chi connectivity index (χ0n) is 13.7. The summed E-state index contributed by atoms with van der Waals surface area (Å²) in [5.74, 6) is -2.38. The first kappa shape index (κ1) is 18.4. The number of halogens is 3. The predicted octanol–water partition coefficient (Wildman–Crippen LogP) is 2.92. The standard InChI is InChI=1S/C18H12F3NO5/c19-18(20,21)27-12-7-5-11(6-8-12)10-26-15(23)9-22-16(24)13-3-1-2-4-14(13)17(22)25/h1-8H,9-10H2. The van der Waals surface area contributed by atoms with E-state index in [-0.39, 0.29) is 17.7 Å². The van der Waals surface area contributed by atoms with Crippen LogP contribution in [-0.4, -0.2) is 35.6 Å². The molecule has 0 N–H and O–H groups in total. The van der Waals surface area contributed by atoms with Crippen LogP contribution in [0.5, 0.6) is 5.75 Å². The fraction of sp³-hybridized carbons (Fsp3) is 0.167. The molecular formula is C18H12F3NO5. The number of benzene rings is 2. The van der Waals surface area contributed by atoms with Gasteiger partial charge in [-0.1, -0.05) is 24.3 Å². The second-order valence-electron chi connectivity index (χ2n) is 5.59. The highest BCUT2D eigenvalue weighted by molar-refractivity contribution is 6.22. The molecule has 0 saturated heterocycles. The second-order valence-corrected chi connectivity index (χ2v) is 5.59. The number of esters is 1. The van der Waals surface area contributed by atoms with E-state index in [0.29, 0.717) is 5.56 Å². The van der Waals surface area contributed by atoms with Crippen molar-refractivity contribution >= 4 is 17.8 Å². The molecule has 0 radical (unpaired) electrons. The highest BCUT2D eigenvalue weighted by atomic mass is 19.4. The molecular weight excluding hydrogens is 367 g/mol. The van der Waals surface area contributed by atoms with Crippen molar-refractivity contribution in [3.05, 3.63) is 65.2 Å². The predicted molar refractivity (Wildman–Crippen MR) is 84.7 cm³/mol. The third kappa shape index (κ3) is 4.25. The molecule has 0 aromatic heterocycles. The molecule has 0 unspecified atom stereocenters. The minimum atomic E-state index is -4.79. The molecule has 0 fully saturated rings. The summed E-state index contributed by atoms with van der Waals surface area (Å²) in [6.07, 6.45) is -4.79. The van der Waals surface area contributed by atoms with Crippen molar-refractivity contribution in [3.8, 4) is 5.75 Å². The maximum absolute atomic E-state index is 12.2. The lowest BCUT2D eigenvalue weighted by molar-refractivity contribution is -0.274. The number of carbonyl (C=O) groups excluding carboxylic acids is 3. The van der Waals surface area contributed by atoms with Crippen LogP contribution >= 0.6 is 0 Å². The van der Waals surface area contributed by atoms with Crippen LogP contribution in [0.2, 0.25) is 0 Å². The quantitative estimate of drug-likeness (QED) is 0.590. The number of imide groups is 1. The van der Waals surface area contributed by atoms with Gasteiger partial charge in [-0.2, -0.15) is 0 Å². The van der Waals surface area contributed by atoms with Gasteiger partial charge in [0.15, 0.2) is 0 Å². The molecule has 2 aromatic rings. The van der Waals surface area contributed by atoms with Crippen LogP contribution < -0.4 is 4.74 Å². The van der Waals surface area contributed by atoms with Crippen LogP contribution in [0, 0.1) is 0 Å². The van der Waals surface area contributed by atoms with Gasteiger partial charge >= 0.3 is 12.3 Å². The van der Waals surface area contributed by atoms with Gasteiger partial charge < -0.3 is 9.47 Å². The third-order valence-electron chi connectivity index (χ3n) is 3.72. The molecule has 1 aliphatic heterocycles. The van der Waals surface area contributed by atoms with E-state index in [4.69, 9.17) is 4.74 Å². The molecule has 0 saturated carbocycles. The normalized spacial score (nSPS) is 13.5. The fourth-order valence-corrected chi connectivity index (χ4v) is 2.51. The summed E-state index contributed by atoms with van der Waals surface area (Å²) >= 11 is 0. The molecule has 9 heteroatoms. The molecule has 140 valence electrons. The Balaban J connectivity index is 1.55. The lowest BCUT2D eigenvalue weighted by Gasteiger charge is -2.13. The van der Waals surface area contributed by atoms with Crippen LogP contribution in [0.4, 0.5) is 13.2 Å². The van der Waals surface area contributed by atoms with Crippen molar-refractivity contribution in [3.63, 3.8) is 0 Å².